The second kappa shape index (κ2) is 8.01. The Kier molecular flexibility index (Phi) is 5.68. The molecule has 0 saturated carbocycles. The minimum Gasteiger partial charge on any atom is -0.343 e. The van der Waals surface area contributed by atoms with Gasteiger partial charge in [0.05, 0.1) is 6.04 Å². The molecule has 1 aliphatic rings. The van der Waals surface area contributed by atoms with Crippen molar-refractivity contribution >= 4 is 23.5 Å². The molecule has 1 aliphatic heterocycles. The normalized spacial score (nSPS) is 17.2. The zero-order valence-corrected chi connectivity index (χ0v) is 14.7. The lowest BCUT2D eigenvalue weighted by atomic mass is 9.98. The van der Waals surface area contributed by atoms with Crippen molar-refractivity contribution in [3.8, 4) is 0 Å². The number of carbonyl (C=O) groups excluding carboxylic acids is 2. The van der Waals surface area contributed by atoms with Crippen LogP contribution in [0, 0.1) is 11.6 Å². The van der Waals surface area contributed by atoms with Crippen LogP contribution in [-0.2, 0) is 4.79 Å². The number of halogens is 5. The number of hydrogen-bond acceptors (Lipinski definition) is 3. The lowest BCUT2D eigenvalue weighted by Gasteiger charge is -2.22. The van der Waals surface area contributed by atoms with Crippen LogP contribution in [-0.4, -0.2) is 29.5 Å². The van der Waals surface area contributed by atoms with Crippen molar-refractivity contribution in [1.82, 2.24) is 20.9 Å². The fraction of sp³-hybridized carbons (Fsp3) is 0.235. The molecule has 1 aromatic heterocycles. The van der Waals surface area contributed by atoms with Crippen LogP contribution in [0.4, 0.5) is 22.4 Å². The molecule has 2 heterocycles. The number of nitrogens with zero attached hydrogens (tertiary/aromatic N) is 1. The fourth-order valence-electron chi connectivity index (χ4n) is 2.68. The number of amides is 3. The Morgan fingerprint density at radius 2 is 2.00 bits per heavy atom. The van der Waals surface area contributed by atoms with Crippen LogP contribution in [0.5, 0.6) is 0 Å². The molecule has 2 atom stereocenters. The quantitative estimate of drug-likeness (QED) is 0.518. The summed E-state index contributed by atoms with van der Waals surface area (Å²) in [6.45, 7) is 0.00656. The van der Waals surface area contributed by atoms with Gasteiger partial charge in [0.2, 0.25) is 5.91 Å². The van der Waals surface area contributed by atoms with Gasteiger partial charge in [0.1, 0.15) is 28.4 Å². The third-order valence-corrected chi connectivity index (χ3v) is 4.46. The molecule has 0 radical (unpaired) electrons. The third kappa shape index (κ3) is 4.01. The molecule has 148 valence electrons. The van der Waals surface area contributed by atoms with E-state index in [-0.39, 0.29) is 17.7 Å². The first-order chi connectivity index (χ1) is 13.3. The van der Waals surface area contributed by atoms with Gasteiger partial charge in [-0.2, -0.15) is 0 Å². The van der Waals surface area contributed by atoms with Gasteiger partial charge in [-0.05, 0) is 17.7 Å². The Balaban J connectivity index is 1.97. The summed E-state index contributed by atoms with van der Waals surface area (Å²) in [5.74, 6) is -2.77. The molecule has 1 fully saturated rings. The van der Waals surface area contributed by atoms with Crippen LogP contribution < -0.4 is 16.0 Å². The van der Waals surface area contributed by atoms with Crippen molar-refractivity contribution in [2.75, 3.05) is 6.54 Å². The number of urea groups is 1. The Morgan fingerprint density at radius 3 is 2.57 bits per heavy atom. The number of pyridine rings is 1. The fourth-order valence-corrected chi connectivity index (χ4v) is 2.85. The first-order valence-corrected chi connectivity index (χ1v) is 8.38. The molecule has 0 unspecified atom stereocenters. The Labute approximate surface area is 161 Å². The van der Waals surface area contributed by atoms with E-state index in [2.05, 4.69) is 20.9 Å². The summed E-state index contributed by atoms with van der Waals surface area (Å²) in [5.41, 5.74) is -0.529. The molecular formula is C17H13ClF4N4O2. The number of benzene rings is 1. The highest BCUT2D eigenvalue weighted by atomic mass is 35.5. The lowest BCUT2D eigenvalue weighted by molar-refractivity contribution is -0.122. The summed E-state index contributed by atoms with van der Waals surface area (Å²) >= 11 is 5.62. The smallest absolute Gasteiger partial charge is 0.315 e. The van der Waals surface area contributed by atoms with E-state index in [9.17, 15) is 27.2 Å². The number of aromatic nitrogens is 1. The van der Waals surface area contributed by atoms with Crippen LogP contribution in [0.15, 0.2) is 30.5 Å². The molecular weight excluding hydrogens is 404 g/mol. The van der Waals surface area contributed by atoms with Crippen LogP contribution in [0.3, 0.4) is 0 Å². The molecule has 0 bridgehead atoms. The van der Waals surface area contributed by atoms with Crippen molar-refractivity contribution in [2.24, 2.45) is 0 Å². The molecule has 3 amide bonds. The summed E-state index contributed by atoms with van der Waals surface area (Å²) in [5, 5.41) is 6.50. The minimum absolute atomic E-state index is 0.00656. The molecule has 0 spiro atoms. The van der Waals surface area contributed by atoms with Gasteiger partial charge in [0.25, 0.3) is 6.43 Å². The van der Waals surface area contributed by atoms with Crippen molar-refractivity contribution in [2.45, 2.75) is 18.5 Å². The van der Waals surface area contributed by atoms with Gasteiger partial charge in [-0.25, -0.2) is 22.4 Å². The minimum atomic E-state index is -2.81. The molecule has 1 saturated heterocycles. The van der Waals surface area contributed by atoms with Crippen molar-refractivity contribution in [1.29, 1.82) is 0 Å². The van der Waals surface area contributed by atoms with Gasteiger partial charge < -0.3 is 16.0 Å². The Hall–Kier alpha value is -2.88. The highest BCUT2D eigenvalue weighted by Gasteiger charge is 2.31. The first kappa shape index (κ1) is 19.9. The summed E-state index contributed by atoms with van der Waals surface area (Å²) in [4.78, 5) is 27.3. The largest absolute Gasteiger partial charge is 0.343 e. The van der Waals surface area contributed by atoms with Crippen molar-refractivity contribution in [3.63, 3.8) is 0 Å². The van der Waals surface area contributed by atoms with Crippen LogP contribution in [0.2, 0.25) is 5.02 Å². The van der Waals surface area contributed by atoms with E-state index in [4.69, 9.17) is 11.6 Å². The number of nitrogens with one attached hydrogen (secondary N) is 3. The maximum Gasteiger partial charge on any atom is 0.315 e. The number of hydrogen-bond donors (Lipinski definition) is 3. The zero-order chi connectivity index (χ0) is 20.4. The highest BCUT2D eigenvalue weighted by Crippen LogP contribution is 2.30. The molecule has 6 nitrogen and oxygen atoms in total. The molecule has 11 heteroatoms. The molecule has 1 aromatic carbocycles. The summed E-state index contributed by atoms with van der Waals surface area (Å²) in [6, 6.07) is 1.58. The van der Waals surface area contributed by atoms with E-state index in [1.54, 1.807) is 0 Å². The summed E-state index contributed by atoms with van der Waals surface area (Å²) in [6.07, 6.45) is -1.76. The second-order valence-corrected chi connectivity index (χ2v) is 6.31. The average Bonchev–Trinajstić information content (AvgIpc) is 3.11. The number of alkyl halides is 2. The summed E-state index contributed by atoms with van der Waals surface area (Å²) < 4.78 is 53.5. The number of carbonyl (C=O) groups is 2. The Bertz CT molecular complexity index is 911. The zero-order valence-electron chi connectivity index (χ0n) is 14.0. The van der Waals surface area contributed by atoms with Crippen LogP contribution >= 0.6 is 11.6 Å². The lowest BCUT2D eigenvalue weighted by Crippen LogP contribution is -2.44. The van der Waals surface area contributed by atoms with Gasteiger partial charge in [0.15, 0.2) is 0 Å². The van der Waals surface area contributed by atoms with Gasteiger partial charge in [-0.1, -0.05) is 23.7 Å². The molecule has 2 aromatic rings. The molecule has 28 heavy (non-hydrogen) atoms. The van der Waals surface area contributed by atoms with Crippen molar-refractivity contribution < 1.29 is 27.2 Å². The van der Waals surface area contributed by atoms with Crippen LogP contribution in [0.1, 0.15) is 29.3 Å². The second-order valence-electron chi connectivity index (χ2n) is 5.93. The molecule has 0 aliphatic carbocycles. The SMILES string of the molecule is O=C1NC[C@@H](C(=O)N[C@@H](c2ccc(C(F)F)nc2)c2ccc(F)c(Cl)c2F)N1. The van der Waals surface area contributed by atoms with E-state index in [0.717, 1.165) is 24.4 Å². The predicted octanol–water partition coefficient (Wildman–Crippen LogP) is 2.84. The van der Waals surface area contributed by atoms with Gasteiger partial charge in [-0.3, -0.25) is 9.78 Å². The first-order valence-electron chi connectivity index (χ1n) is 8.00. The standard InChI is InChI=1S/C17H13ClF4N4O2/c18-12-9(19)3-2-8(13(12)20)14(7-1-4-10(15(21)22)23-5-7)26-16(27)11-6-24-17(28)25-11/h1-5,11,14-15H,6H2,(H,26,27)(H2,24,25,28)/t11-,14-/m0/s1. The van der Waals surface area contributed by atoms with Gasteiger partial charge in [0, 0.05) is 18.3 Å². The third-order valence-electron chi connectivity index (χ3n) is 4.12. The van der Waals surface area contributed by atoms with Gasteiger partial charge in [-0.15, -0.1) is 0 Å². The highest BCUT2D eigenvalue weighted by molar-refractivity contribution is 6.31. The maximum atomic E-state index is 14.5. The molecule has 3 N–H and O–H groups in total. The maximum absolute atomic E-state index is 14.5. The van der Waals surface area contributed by atoms with E-state index < -0.39 is 52.8 Å². The van der Waals surface area contributed by atoms with E-state index in [0.29, 0.717) is 0 Å². The summed E-state index contributed by atoms with van der Waals surface area (Å²) in [7, 11) is 0. The van der Waals surface area contributed by atoms with Crippen LogP contribution in [0.25, 0.3) is 0 Å². The van der Waals surface area contributed by atoms with E-state index in [1.165, 1.54) is 6.07 Å². The Morgan fingerprint density at radius 1 is 1.25 bits per heavy atom. The molecule has 3 rings (SSSR count). The van der Waals surface area contributed by atoms with E-state index >= 15 is 0 Å². The predicted molar refractivity (Wildman–Crippen MR) is 90.9 cm³/mol. The van der Waals surface area contributed by atoms with Crippen molar-refractivity contribution in [3.05, 3.63) is 63.9 Å². The average molecular weight is 417 g/mol. The number of rotatable bonds is 5. The monoisotopic (exact) mass is 416 g/mol. The van der Waals surface area contributed by atoms with E-state index in [1.807, 2.05) is 0 Å². The van der Waals surface area contributed by atoms with Gasteiger partial charge >= 0.3 is 6.03 Å². The topological polar surface area (TPSA) is 83.1 Å².